The minimum absolute atomic E-state index is 0.0342. The van der Waals surface area contributed by atoms with E-state index in [4.69, 9.17) is 24.9 Å². The van der Waals surface area contributed by atoms with Crippen LogP contribution in [0.2, 0.25) is 0 Å². The Hall–Kier alpha value is -8.05. The van der Waals surface area contributed by atoms with E-state index in [0.717, 1.165) is 38.8 Å². The Kier molecular flexibility index (Phi) is 12.9. The summed E-state index contributed by atoms with van der Waals surface area (Å²) in [6.45, 7) is 3.90. The molecule has 17 nitrogen and oxygen atoms in total. The average molecular weight is 948 g/mol. The maximum Gasteiger partial charge on any atom is 0.407 e. The summed E-state index contributed by atoms with van der Waals surface area (Å²) >= 11 is 0. The van der Waals surface area contributed by atoms with Crippen LogP contribution in [0, 0.1) is 0 Å². The molecule has 0 bridgehead atoms. The number of cyclic esters (lactones) is 1. The van der Waals surface area contributed by atoms with E-state index in [9.17, 15) is 33.9 Å². The van der Waals surface area contributed by atoms with Gasteiger partial charge in [-0.1, -0.05) is 74.5 Å². The van der Waals surface area contributed by atoms with Crippen molar-refractivity contribution in [3.8, 4) is 28.3 Å². The van der Waals surface area contributed by atoms with Gasteiger partial charge in [-0.05, 0) is 89.9 Å². The number of ether oxygens (including phenoxy) is 3. The van der Waals surface area contributed by atoms with E-state index in [2.05, 4.69) is 16.0 Å². The van der Waals surface area contributed by atoms with Gasteiger partial charge in [0.05, 0.1) is 29.0 Å². The number of fused-ring (bicyclic) bond motifs is 8. The molecule has 360 valence electrons. The van der Waals surface area contributed by atoms with Crippen LogP contribution in [0.1, 0.15) is 84.1 Å². The van der Waals surface area contributed by atoms with Crippen LogP contribution >= 0.6 is 0 Å². The average Bonchev–Trinajstić information content (AvgIpc) is 3.89. The highest BCUT2D eigenvalue weighted by Gasteiger charge is 2.45. The summed E-state index contributed by atoms with van der Waals surface area (Å²) < 4.78 is 19.1. The van der Waals surface area contributed by atoms with Crippen molar-refractivity contribution in [3.05, 3.63) is 146 Å². The van der Waals surface area contributed by atoms with Crippen molar-refractivity contribution < 1.29 is 43.3 Å². The predicted molar refractivity (Wildman–Crippen MR) is 260 cm³/mol. The fraction of sp³-hybridized carbons (Fsp3) is 0.302. The molecular weight excluding hydrogens is 895 g/mol. The Morgan fingerprint density at radius 2 is 1.64 bits per heavy atom. The number of hydrogen-bond acceptors (Lipinski definition) is 11. The molecule has 0 radical (unpaired) electrons. The van der Waals surface area contributed by atoms with E-state index in [-0.39, 0.29) is 67.7 Å². The van der Waals surface area contributed by atoms with Crippen LogP contribution in [0.5, 0.6) is 5.75 Å². The molecule has 1 unspecified atom stereocenters. The van der Waals surface area contributed by atoms with Crippen LogP contribution in [-0.4, -0.2) is 82.8 Å². The number of rotatable bonds is 15. The summed E-state index contributed by atoms with van der Waals surface area (Å²) in [5.41, 5.74) is 12.0. The second kappa shape index (κ2) is 19.2. The van der Waals surface area contributed by atoms with Gasteiger partial charge in [0.1, 0.15) is 25.0 Å². The van der Waals surface area contributed by atoms with Crippen molar-refractivity contribution in [2.45, 2.75) is 76.3 Å². The first-order valence-corrected chi connectivity index (χ1v) is 23.3. The second-order valence-corrected chi connectivity index (χ2v) is 17.9. The van der Waals surface area contributed by atoms with Crippen molar-refractivity contribution >= 4 is 46.5 Å². The van der Waals surface area contributed by atoms with Gasteiger partial charge in [0.15, 0.2) is 5.60 Å². The number of anilines is 1. The molecule has 0 fully saturated rings. The molecule has 1 aliphatic carbocycles. The Labute approximate surface area is 402 Å². The first-order valence-electron chi connectivity index (χ1n) is 23.3. The maximum atomic E-state index is 13.9. The molecule has 3 atom stereocenters. The number of benzene rings is 4. The number of aliphatic hydroxyl groups is 1. The molecule has 5 amide bonds. The smallest absolute Gasteiger partial charge is 0.407 e. The van der Waals surface area contributed by atoms with Gasteiger partial charge >= 0.3 is 18.1 Å². The molecule has 70 heavy (non-hydrogen) atoms. The highest BCUT2D eigenvalue weighted by atomic mass is 16.6. The molecule has 9 rings (SSSR count). The minimum atomic E-state index is -1.94. The minimum Gasteiger partial charge on any atom is -0.476 e. The SMILES string of the molecule is CCc1c2c(nc3ccc(OC(C(=O)N(C)C)c4ccc(NC(=O)[C@H](CCCNC(N)=O)NC(=O)OCC5c6ccccc6-c6ccccc65)cc4)cc13)-c1cc3c(c(=O)n1C2)COC(=O)[C@]3(O)CC. The molecule has 0 saturated carbocycles. The number of hydrogen-bond donors (Lipinski definition) is 5. The number of esters is 1. The number of amides is 5. The molecule has 6 N–H and O–H groups in total. The topological polar surface area (TPSA) is 234 Å². The number of pyridine rings is 2. The Balaban J connectivity index is 0.918. The van der Waals surface area contributed by atoms with Crippen molar-refractivity contribution in [1.82, 2.24) is 25.1 Å². The van der Waals surface area contributed by atoms with Crippen LogP contribution in [0.25, 0.3) is 33.4 Å². The van der Waals surface area contributed by atoms with Crippen molar-refractivity contribution in [1.29, 1.82) is 0 Å². The van der Waals surface area contributed by atoms with Gasteiger partial charge in [-0.25, -0.2) is 19.4 Å². The monoisotopic (exact) mass is 947 g/mol. The Morgan fingerprint density at radius 1 is 0.943 bits per heavy atom. The Morgan fingerprint density at radius 3 is 2.30 bits per heavy atom. The Bertz CT molecular complexity index is 3110. The number of likely N-dealkylation sites (N-methyl/N-ethyl adjacent to an activating group) is 1. The lowest BCUT2D eigenvalue weighted by Gasteiger charge is -2.31. The summed E-state index contributed by atoms with van der Waals surface area (Å²) in [7, 11) is 3.25. The predicted octanol–water partition coefficient (Wildman–Crippen LogP) is 6.14. The van der Waals surface area contributed by atoms with E-state index < -0.39 is 41.7 Å². The van der Waals surface area contributed by atoms with Gasteiger partial charge in [0.2, 0.25) is 12.0 Å². The molecule has 3 aliphatic rings. The third-order valence-electron chi connectivity index (χ3n) is 13.5. The number of carbonyl (C=O) groups is 5. The van der Waals surface area contributed by atoms with Crippen molar-refractivity contribution in [2.75, 3.05) is 32.6 Å². The van der Waals surface area contributed by atoms with Gasteiger partial charge in [-0.15, -0.1) is 0 Å². The van der Waals surface area contributed by atoms with Crippen LogP contribution in [0.3, 0.4) is 0 Å². The zero-order valence-electron chi connectivity index (χ0n) is 39.2. The summed E-state index contributed by atoms with van der Waals surface area (Å²) in [5.74, 6) is -1.45. The largest absolute Gasteiger partial charge is 0.476 e. The number of aromatic nitrogens is 2. The highest BCUT2D eigenvalue weighted by molar-refractivity contribution is 5.97. The summed E-state index contributed by atoms with van der Waals surface area (Å²) in [5, 5.41) is 20.2. The molecule has 2 aromatic heterocycles. The van der Waals surface area contributed by atoms with Crippen LogP contribution in [0.4, 0.5) is 15.3 Å². The lowest BCUT2D eigenvalue weighted by Crippen LogP contribution is -2.44. The highest BCUT2D eigenvalue weighted by Crippen LogP contribution is 2.45. The summed E-state index contributed by atoms with van der Waals surface area (Å²) in [4.78, 5) is 85.2. The van der Waals surface area contributed by atoms with Gasteiger partial charge < -0.3 is 50.5 Å². The van der Waals surface area contributed by atoms with Crippen molar-refractivity contribution in [2.24, 2.45) is 5.73 Å². The van der Waals surface area contributed by atoms with Gasteiger partial charge in [-0.3, -0.25) is 14.4 Å². The zero-order chi connectivity index (χ0) is 49.4. The lowest BCUT2D eigenvalue weighted by molar-refractivity contribution is -0.172. The van der Waals surface area contributed by atoms with E-state index in [1.165, 1.54) is 4.90 Å². The number of carbonyl (C=O) groups excluding carboxylic acids is 5. The quantitative estimate of drug-likeness (QED) is 0.0578. The van der Waals surface area contributed by atoms with E-state index >= 15 is 0 Å². The normalized spacial score (nSPS) is 16.1. The van der Waals surface area contributed by atoms with Crippen LogP contribution in [0.15, 0.2) is 102 Å². The lowest BCUT2D eigenvalue weighted by atomic mass is 9.86. The number of nitrogens with one attached hydrogen (secondary N) is 3. The first kappa shape index (κ1) is 47.0. The van der Waals surface area contributed by atoms with Crippen LogP contribution in [-0.2, 0) is 49.0 Å². The van der Waals surface area contributed by atoms with E-state index in [1.807, 2.05) is 61.5 Å². The molecule has 2 aliphatic heterocycles. The van der Waals surface area contributed by atoms with Crippen molar-refractivity contribution in [3.63, 3.8) is 0 Å². The molecule has 17 heteroatoms. The van der Waals surface area contributed by atoms with Crippen LogP contribution < -0.4 is 32.0 Å². The molecule has 0 saturated heterocycles. The molecule has 0 spiro atoms. The number of nitrogens with two attached hydrogens (primary N) is 1. The van der Waals surface area contributed by atoms with E-state index in [0.29, 0.717) is 46.7 Å². The third-order valence-corrected chi connectivity index (χ3v) is 13.5. The van der Waals surface area contributed by atoms with E-state index in [1.54, 1.807) is 68.1 Å². The molecular formula is C53H53N7O10. The number of primary amides is 1. The third kappa shape index (κ3) is 8.68. The number of urea groups is 1. The van der Waals surface area contributed by atoms with Gasteiger partial charge in [0, 0.05) is 54.3 Å². The summed E-state index contributed by atoms with van der Waals surface area (Å²) in [6, 6.07) is 27.8. The molecule has 4 aromatic carbocycles. The number of nitrogens with zero attached hydrogens (tertiary/aromatic N) is 3. The standard InChI is InChI=1S/C53H53N7O10/c1-5-32-37-24-31(21-22-42(37)57-45-38(32)26-60-44(45)25-41-40(48(60)62)28-68-50(64)53(41,67)6-2)70-46(49(63)59(3)4)29-17-19-30(20-18-29)56-47(61)43(16-11-23-55-51(54)65)58-52(66)69-27-39-35-14-9-7-12-33(35)34-13-8-10-15-36(34)39/h7-10,12-15,17-22,24-25,39,43,46,67H,5-6,11,16,23,26-28H2,1-4H3,(H,56,61)(H,58,66)(H3,54,55,65)/t43-,46?,53-/m0/s1. The zero-order valence-corrected chi connectivity index (χ0v) is 39.2. The first-order chi connectivity index (χ1) is 33.7. The fourth-order valence-corrected chi connectivity index (χ4v) is 9.79. The molecule has 4 heterocycles. The number of alkyl carbamates (subject to hydrolysis) is 1. The van der Waals surface area contributed by atoms with Gasteiger partial charge in [-0.2, -0.15) is 0 Å². The molecule has 6 aromatic rings. The number of aryl methyl sites for hydroxylation is 1. The summed E-state index contributed by atoms with van der Waals surface area (Å²) in [6.07, 6.45) is -0.788. The second-order valence-electron chi connectivity index (χ2n) is 17.9. The maximum absolute atomic E-state index is 13.9. The fourth-order valence-electron chi connectivity index (χ4n) is 9.79. The van der Waals surface area contributed by atoms with Gasteiger partial charge in [0.25, 0.3) is 11.5 Å².